The highest BCUT2D eigenvalue weighted by atomic mass is 19.4. The fourth-order valence-electron chi connectivity index (χ4n) is 2.09. The zero-order valence-electron chi connectivity index (χ0n) is 13.7. The van der Waals surface area contributed by atoms with E-state index in [-0.39, 0.29) is 18.0 Å². The minimum atomic E-state index is -4.45. The molecule has 0 bridgehead atoms. The first-order valence-electron chi connectivity index (χ1n) is 7.42. The van der Waals surface area contributed by atoms with Gasteiger partial charge in [0.05, 0.1) is 24.3 Å². The van der Waals surface area contributed by atoms with Crippen LogP contribution in [0.2, 0.25) is 0 Å². The second-order valence-corrected chi connectivity index (χ2v) is 5.52. The van der Waals surface area contributed by atoms with Crippen molar-refractivity contribution in [2.75, 3.05) is 13.6 Å². The van der Waals surface area contributed by atoms with Crippen LogP contribution in [-0.2, 0) is 15.8 Å². The maximum atomic E-state index is 12.6. The molecule has 0 saturated carbocycles. The van der Waals surface area contributed by atoms with Crippen molar-refractivity contribution < 1.29 is 27.9 Å². The molecule has 24 heavy (non-hydrogen) atoms. The Morgan fingerprint density at radius 2 is 1.79 bits per heavy atom. The van der Waals surface area contributed by atoms with Crippen LogP contribution in [0.15, 0.2) is 24.3 Å². The number of nitrogens with one attached hydrogen (secondary N) is 1. The van der Waals surface area contributed by atoms with E-state index in [4.69, 9.17) is 0 Å². The molecule has 134 valence electrons. The van der Waals surface area contributed by atoms with Crippen LogP contribution >= 0.6 is 0 Å². The minimum absolute atomic E-state index is 0.161. The van der Waals surface area contributed by atoms with Gasteiger partial charge in [0.25, 0.3) is 0 Å². The molecule has 0 saturated heterocycles. The van der Waals surface area contributed by atoms with Gasteiger partial charge >= 0.3 is 6.18 Å². The number of hydrogen-bond acceptors (Lipinski definition) is 3. The maximum absolute atomic E-state index is 12.6. The van der Waals surface area contributed by atoms with E-state index in [0.717, 1.165) is 12.1 Å². The van der Waals surface area contributed by atoms with Crippen molar-refractivity contribution in [1.82, 2.24) is 10.2 Å². The molecule has 0 spiro atoms. The Morgan fingerprint density at radius 1 is 1.25 bits per heavy atom. The molecule has 2 unspecified atom stereocenters. The number of halogens is 3. The lowest BCUT2D eigenvalue weighted by Crippen LogP contribution is -2.44. The average Bonchev–Trinajstić information content (AvgIpc) is 2.51. The number of hydrogen-bond donors (Lipinski definition) is 2. The molecule has 2 atom stereocenters. The van der Waals surface area contributed by atoms with Gasteiger partial charge in [-0.1, -0.05) is 19.1 Å². The van der Waals surface area contributed by atoms with E-state index in [9.17, 15) is 27.9 Å². The zero-order valence-corrected chi connectivity index (χ0v) is 13.7. The normalized spacial score (nSPS) is 14.0. The number of benzene rings is 1. The number of aliphatic hydroxyl groups excluding tert-OH is 1. The van der Waals surface area contributed by atoms with Gasteiger partial charge in [0, 0.05) is 14.0 Å². The second-order valence-electron chi connectivity index (χ2n) is 5.52. The molecule has 2 N–H and O–H groups in total. The number of alkyl halides is 3. The molecule has 0 aliphatic heterocycles. The third-order valence-electron chi connectivity index (χ3n) is 3.67. The summed E-state index contributed by atoms with van der Waals surface area (Å²) in [6.07, 6.45) is -5.22. The predicted molar refractivity (Wildman–Crippen MR) is 81.9 cm³/mol. The molecule has 0 heterocycles. The van der Waals surface area contributed by atoms with Gasteiger partial charge in [-0.05, 0) is 24.1 Å². The SMILES string of the molecule is CCC(NC(=O)CN(C)C(C)=O)C(O)c1ccc(C(F)(F)F)cc1. The first-order chi connectivity index (χ1) is 11.1. The Bertz CT molecular complexity index is 573. The Balaban J connectivity index is 2.77. The number of likely N-dealkylation sites (N-methyl/N-ethyl adjacent to an activating group) is 1. The highest BCUT2D eigenvalue weighted by molar-refractivity contribution is 5.83. The number of carbonyl (C=O) groups is 2. The zero-order chi connectivity index (χ0) is 18.5. The summed E-state index contributed by atoms with van der Waals surface area (Å²) in [6, 6.07) is 3.47. The van der Waals surface area contributed by atoms with E-state index in [1.807, 2.05) is 0 Å². The monoisotopic (exact) mass is 346 g/mol. The van der Waals surface area contributed by atoms with Crippen LogP contribution in [-0.4, -0.2) is 41.5 Å². The van der Waals surface area contributed by atoms with Gasteiger partial charge in [0.1, 0.15) is 0 Å². The molecule has 0 radical (unpaired) electrons. The maximum Gasteiger partial charge on any atom is 0.416 e. The molecule has 8 heteroatoms. The second kappa shape index (κ2) is 8.14. The van der Waals surface area contributed by atoms with E-state index in [1.165, 1.54) is 31.0 Å². The van der Waals surface area contributed by atoms with E-state index in [2.05, 4.69) is 5.32 Å². The summed E-state index contributed by atoms with van der Waals surface area (Å²) < 4.78 is 37.7. The van der Waals surface area contributed by atoms with Gasteiger partial charge in [-0.3, -0.25) is 9.59 Å². The fourth-order valence-corrected chi connectivity index (χ4v) is 2.09. The van der Waals surface area contributed by atoms with Gasteiger partial charge in [-0.15, -0.1) is 0 Å². The molecule has 0 fully saturated rings. The highest BCUT2D eigenvalue weighted by Crippen LogP contribution is 2.30. The Kier molecular flexibility index (Phi) is 6.77. The first kappa shape index (κ1) is 20.0. The summed E-state index contributed by atoms with van der Waals surface area (Å²) in [4.78, 5) is 24.2. The number of nitrogens with zero attached hydrogens (tertiary/aromatic N) is 1. The summed E-state index contributed by atoms with van der Waals surface area (Å²) in [5.74, 6) is -0.730. The van der Waals surface area contributed by atoms with Crippen molar-refractivity contribution in [3.8, 4) is 0 Å². The van der Waals surface area contributed by atoms with E-state index < -0.39 is 29.8 Å². The van der Waals surface area contributed by atoms with Crippen LogP contribution < -0.4 is 5.32 Å². The number of amides is 2. The highest BCUT2D eigenvalue weighted by Gasteiger charge is 2.30. The summed E-state index contributed by atoms with van der Waals surface area (Å²) in [6.45, 7) is 2.89. The van der Waals surface area contributed by atoms with Crippen LogP contribution in [0.1, 0.15) is 37.5 Å². The molecule has 0 aromatic heterocycles. The molecular formula is C16H21F3N2O3. The number of rotatable bonds is 6. The summed E-state index contributed by atoms with van der Waals surface area (Å²) >= 11 is 0. The summed E-state index contributed by atoms with van der Waals surface area (Å²) in [5, 5.41) is 12.9. The molecule has 0 aliphatic carbocycles. The van der Waals surface area contributed by atoms with E-state index in [1.54, 1.807) is 6.92 Å². The first-order valence-corrected chi connectivity index (χ1v) is 7.42. The third kappa shape index (κ3) is 5.52. The Hall–Kier alpha value is -2.09. The smallest absolute Gasteiger partial charge is 0.386 e. The molecular weight excluding hydrogens is 325 g/mol. The van der Waals surface area contributed by atoms with Crippen molar-refractivity contribution in [1.29, 1.82) is 0 Å². The van der Waals surface area contributed by atoms with Crippen LogP contribution in [0, 0.1) is 0 Å². The lowest BCUT2D eigenvalue weighted by atomic mass is 9.99. The molecule has 1 rings (SSSR count). The van der Waals surface area contributed by atoms with Gasteiger partial charge in [-0.25, -0.2) is 0 Å². The van der Waals surface area contributed by atoms with Crippen molar-refractivity contribution in [3.63, 3.8) is 0 Å². The standard InChI is InChI=1S/C16H21F3N2O3/c1-4-13(20-14(23)9-21(3)10(2)22)15(24)11-5-7-12(8-6-11)16(17,18)19/h5-8,13,15,24H,4,9H2,1-3H3,(H,20,23). The van der Waals surface area contributed by atoms with Crippen LogP contribution in [0.5, 0.6) is 0 Å². The van der Waals surface area contributed by atoms with Crippen LogP contribution in [0.25, 0.3) is 0 Å². The van der Waals surface area contributed by atoms with Crippen molar-refractivity contribution >= 4 is 11.8 Å². The average molecular weight is 346 g/mol. The topological polar surface area (TPSA) is 69.6 Å². The lowest BCUT2D eigenvalue weighted by molar-refractivity contribution is -0.137. The van der Waals surface area contributed by atoms with Crippen LogP contribution in [0.4, 0.5) is 13.2 Å². The molecule has 5 nitrogen and oxygen atoms in total. The molecule has 1 aromatic rings. The summed E-state index contributed by atoms with van der Waals surface area (Å²) in [7, 11) is 1.47. The summed E-state index contributed by atoms with van der Waals surface area (Å²) in [5.41, 5.74) is -0.534. The molecule has 0 aliphatic rings. The Morgan fingerprint density at radius 3 is 2.21 bits per heavy atom. The number of carbonyl (C=O) groups excluding carboxylic acids is 2. The van der Waals surface area contributed by atoms with Gasteiger partial charge in [0.15, 0.2) is 0 Å². The Labute approximate surface area is 138 Å². The largest absolute Gasteiger partial charge is 0.416 e. The van der Waals surface area contributed by atoms with Crippen molar-refractivity contribution in [3.05, 3.63) is 35.4 Å². The lowest BCUT2D eigenvalue weighted by Gasteiger charge is -2.25. The van der Waals surface area contributed by atoms with Gasteiger partial charge in [0.2, 0.25) is 11.8 Å². The fraction of sp³-hybridized carbons (Fsp3) is 0.500. The van der Waals surface area contributed by atoms with E-state index >= 15 is 0 Å². The van der Waals surface area contributed by atoms with E-state index in [0.29, 0.717) is 6.42 Å². The quantitative estimate of drug-likeness (QED) is 0.829. The molecule has 1 aromatic carbocycles. The number of aliphatic hydroxyl groups is 1. The van der Waals surface area contributed by atoms with Crippen molar-refractivity contribution in [2.45, 2.75) is 38.6 Å². The molecule has 2 amide bonds. The third-order valence-corrected chi connectivity index (χ3v) is 3.67. The van der Waals surface area contributed by atoms with Gasteiger partial charge in [-0.2, -0.15) is 13.2 Å². The van der Waals surface area contributed by atoms with Crippen molar-refractivity contribution in [2.24, 2.45) is 0 Å². The minimum Gasteiger partial charge on any atom is -0.386 e. The van der Waals surface area contributed by atoms with Gasteiger partial charge < -0.3 is 15.3 Å². The van der Waals surface area contributed by atoms with Crippen LogP contribution in [0.3, 0.4) is 0 Å². The predicted octanol–water partition coefficient (Wildman–Crippen LogP) is 2.11.